The van der Waals surface area contributed by atoms with Crippen molar-refractivity contribution in [3.8, 4) is 0 Å². The lowest BCUT2D eigenvalue weighted by Crippen LogP contribution is -2.51. The van der Waals surface area contributed by atoms with Crippen LogP contribution in [0.4, 0.5) is 5.82 Å². The molecule has 6 heteroatoms. The number of rotatable bonds is 3. The first kappa shape index (κ1) is 16.2. The Balaban J connectivity index is 1.56. The molecule has 2 fully saturated rings. The summed E-state index contributed by atoms with van der Waals surface area (Å²) in [5.41, 5.74) is 1.05. The third-order valence-electron chi connectivity index (χ3n) is 4.98. The highest BCUT2D eigenvalue weighted by atomic mass is 16.3. The normalized spacial score (nSPS) is 25.5. The number of aliphatic hydroxyl groups is 1. The van der Waals surface area contributed by atoms with Gasteiger partial charge in [0.05, 0.1) is 6.10 Å². The number of carbonyl (C=O) groups excluding carboxylic acids is 1. The van der Waals surface area contributed by atoms with E-state index in [9.17, 15) is 9.90 Å². The molecule has 1 aliphatic heterocycles. The summed E-state index contributed by atoms with van der Waals surface area (Å²) >= 11 is 0. The van der Waals surface area contributed by atoms with E-state index in [0.29, 0.717) is 6.42 Å². The summed E-state index contributed by atoms with van der Waals surface area (Å²) < 4.78 is 0. The van der Waals surface area contributed by atoms with E-state index in [1.165, 1.54) is 0 Å². The minimum Gasteiger partial charge on any atom is -0.393 e. The molecule has 2 atom stereocenters. The minimum atomic E-state index is -0.299. The minimum absolute atomic E-state index is 0.0102. The first-order valence-electron chi connectivity index (χ1n) is 8.70. The van der Waals surface area contributed by atoms with Crippen molar-refractivity contribution in [2.24, 2.45) is 5.92 Å². The van der Waals surface area contributed by atoms with Crippen molar-refractivity contribution in [2.75, 3.05) is 31.1 Å². The second kappa shape index (κ2) is 7.25. The molecule has 1 saturated carbocycles. The fourth-order valence-corrected chi connectivity index (χ4v) is 3.55. The Kier molecular flexibility index (Phi) is 5.10. The van der Waals surface area contributed by atoms with Crippen molar-refractivity contribution < 1.29 is 9.90 Å². The largest absolute Gasteiger partial charge is 0.393 e. The maximum absolute atomic E-state index is 12.6. The summed E-state index contributed by atoms with van der Waals surface area (Å²) in [6, 6.07) is 2.04. The summed E-state index contributed by atoms with van der Waals surface area (Å²) in [4.78, 5) is 25.4. The molecule has 1 N–H and O–H groups in total. The fraction of sp³-hybridized carbons (Fsp3) is 0.706. The molecule has 1 aromatic heterocycles. The van der Waals surface area contributed by atoms with Gasteiger partial charge in [-0.15, -0.1) is 0 Å². The number of hydrogen-bond acceptors (Lipinski definition) is 5. The summed E-state index contributed by atoms with van der Waals surface area (Å²) in [5, 5.41) is 9.77. The van der Waals surface area contributed by atoms with E-state index in [1.807, 2.05) is 11.0 Å². The maximum Gasteiger partial charge on any atom is 0.225 e. The zero-order valence-corrected chi connectivity index (χ0v) is 13.8. The maximum atomic E-state index is 12.6. The van der Waals surface area contributed by atoms with E-state index in [1.54, 1.807) is 6.33 Å². The number of anilines is 1. The van der Waals surface area contributed by atoms with E-state index in [-0.39, 0.29) is 17.9 Å². The molecule has 0 bridgehead atoms. The van der Waals surface area contributed by atoms with Gasteiger partial charge in [0.1, 0.15) is 12.1 Å². The molecule has 0 radical (unpaired) electrons. The van der Waals surface area contributed by atoms with Crippen LogP contribution in [0.2, 0.25) is 0 Å². The molecular formula is C17H26N4O2. The number of aliphatic hydroxyl groups excluding tert-OH is 1. The molecule has 0 spiro atoms. The fourth-order valence-electron chi connectivity index (χ4n) is 3.55. The van der Waals surface area contributed by atoms with Gasteiger partial charge in [-0.3, -0.25) is 4.79 Å². The van der Waals surface area contributed by atoms with E-state index < -0.39 is 0 Å². The van der Waals surface area contributed by atoms with Gasteiger partial charge in [-0.2, -0.15) is 0 Å². The zero-order chi connectivity index (χ0) is 16.2. The quantitative estimate of drug-likeness (QED) is 0.908. The number of aromatic nitrogens is 2. The molecule has 2 aliphatic rings. The van der Waals surface area contributed by atoms with Crippen molar-refractivity contribution in [3.63, 3.8) is 0 Å². The number of aryl methyl sites for hydroxylation is 1. The van der Waals surface area contributed by atoms with Crippen LogP contribution in [0.3, 0.4) is 0 Å². The number of hydrogen-bond donors (Lipinski definition) is 1. The second-order valence-electron chi connectivity index (χ2n) is 6.55. The van der Waals surface area contributed by atoms with Crippen LogP contribution in [0.1, 0.15) is 38.3 Å². The molecule has 1 aromatic rings. The number of nitrogens with zero attached hydrogens (tertiary/aromatic N) is 4. The van der Waals surface area contributed by atoms with Crippen LogP contribution >= 0.6 is 0 Å². The first-order chi connectivity index (χ1) is 11.2. The molecular weight excluding hydrogens is 292 g/mol. The Morgan fingerprint density at radius 3 is 2.74 bits per heavy atom. The van der Waals surface area contributed by atoms with Crippen LogP contribution in [0.15, 0.2) is 12.4 Å². The Labute approximate surface area is 137 Å². The lowest BCUT2D eigenvalue weighted by atomic mass is 9.86. The molecule has 1 saturated heterocycles. The van der Waals surface area contributed by atoms with Crippen LogP contribution in [0, 0.1) is 5.92 Å². The van der Waals surface area contributed by atoms with Crippen molar-refractivity contribution in [1.29, 1.82) is 0 Å². The van der Waals surface area contributed by atoms with Crippen molar-refractivity contribution in [2.45, 2.75) is 45.1 Å². The van der Waals surface area contributed by atoms with Gasteiger partial charge in [-0.1, -0.05) is 13.3 Å². The van der Waals surface area contributed by atoms with E-state index in [2.05, 4.69) is 21.8 Å². The third kappa shape index (κ3) is 3.80. The summed E-state index contributed by atoms with van der Waals surface area (Å²) in [7, 11) is 0. The zero-order valence-electron chi connectivity index (χ0n) is 13.8. The highest BCUT2D eigenvalue weighted by Crippen LogP contribution is 2.26. The average molecular weight is 318 g/mol. The van der Waals surface area contributed by atoms with Gasteiger partial charge in [0.15, 0.2) is 0 Å². The van der Waals surface area contributed by atoms with Gasteiger partial charge in [-0.05, 0) is 25.7 Å². The highest BCUT2D eigenvalue weighted by Gasteiger charge is 2.31. The first-order valence-corrected chi connectivity index (χ1v) is 8.70. The van der Waals surface area contributed by atoms with Crippen molar-refractivity contribution in [3.05, 3.63) is 18.1 Å². The van der Waals surface area contributed by atoms with Crippen LogP contribution in [-0.4, -0.2) is 58.2 Å². The van der Waals surface area contributed by atoms with Gasteiger partial charge < -0.3 is 14.9 Å². The highest BCUT2D eigenvalue weighted by molar-refractivity contribution is 5.79. The van der Waals surface area contributed by atoms with Gasteiger partial charge in [0, 0.05) is 43.9 Å². The predicted molar refractivity (Wildman–Crippen MR) is 88.2 cm³/mol. The molecule has 23 heavy (non-hydrogen) atoms. The SMILES string of the molecule is CCc1cc(N2CCN(C(=O)[C@H]3CCC[C@@H](O)C3)CC2)ncn1. The van der Waals surface area contributed by atoms with Crippen molar-refractivity contribution >= 4 is 11.7 Å². The molecule has 126 valence electrons. The molecule has 6 nitrogen and oxygen atoms in total. The number of amides is 1. The molecule has 1 amide bonds. The van der Waals surface area contributed by atoms with Crippen LogP contribution in [-0.2, 0) is 11.2 Å². The Bertz CT molecular complexity index is 543. The molecule has 1 aliphatic carbocycles. The topological polar surface area (TPSA) is 69.6 Å². The Morgan fingerprint density at radius 2 is 2.04 bits per heavy atom. The van der Waals surface area contributed by atoms with Crippen LogP contribution in [0.25, 0.3) is 0 Å². The lowest BCUT2D eigenvalue weighted by Gasteiger charge is -2.38. The summed E-state index contributed by atoms with van der Waals surface area (Å²) in [6.45, 7) is 5.16. The molecule has 0 aromatic carbocycles. The Hall–Kier alpha value is -1.69. The van der Waals surface area contributed by atoms with E-state index in [4.69, 9.17) is 0 Å². The smallest absolute Gasteiger partial charge is 0.225 e. The van der Waals surface area contributed by atoms with Gasteiger partial charge in [0.2, 0.25) is 5.91 Å². The predicted octanol–water partition coefficient (Wildman–Crippen LogP) is 1.24. The van der Waals surface area contributed by atoms with Gasteiger partial charge in [-0.25, -0.2) is 9.97 Å². The van der Waals surface area contributed by atoms with E-state index >= 15 is 0 Å². The monoisotopic (exact) mass is 318 g/mol. The van der Waals surface area contributed by atoms with Gasteiger partial charge in [0.25, 0.3) is 0 Å². The van der Waals surface area contributed by atoms with Gasteiger partial charge >= 0.3 is 0 Å². The molecule has 2 heterocycles. The molecule has 3 rings (SSSR count). The second-order valence-corrected chi connectivity index (χ2v) is 6.55. The van der Waals surface area contributed by atoms with Crippen LogP contribution in [0.5, 0.6) is 0 Å². The summed E-state index contributed by atoms with van der Waals surface area (Å²) in [5.74, 6) is 1.19. The lowest BCUT2D eigenvalue weighted by molar-refractivity contribution is -0.138. The van der Waals surface area contributed by atoms with E-state index in [0.717, 1.165) is 63.4 Å². The average Bonchev–Trinajstić information content (AvgIpc) is 2.61. The molecule has 0 unspecified atom stereocenters. The summed E-state index contributed by atoms with van der Waals surface area (Å²) in [6.07, 6.45) is 5.57. The third-order valence-corrected chi connectivity index (χ3v) is 4.98. The number of carbonyl (C=O) groups is 1. The Morgan fingerprint density at radius 1 is 1.26 bits per heavy atom. The standard InChI is InChI=1S/C17H26N4O2/c1-2-14-11-16(19-12-18-14)20-6-8-21(9-7-20)17(23)13-4-3-5-15(22)10-13/h11-13,15,22H,2-10H2,1H3/t13-,15+/m0/s1. The number of piperazine rings is 1. The van der Waals surface area contributed by atoms with Crippen LogP contribution < -0.4 is 4.90 Å². The van der Waals surface area contributed by atoms with Crippen molar-refractivity contribution in [1.82, 2.24) is 14.9 Å².